The fourth-order valence-electron chi connectivity index (χ4n) is 1.70. The van der Waals surface area contributed by atoms with E-state index < -0.39 is 29.1 Å². The Morgan fingerprint density at radius 1 is 0.903 bits per heavy atom. The van der Waals surface area contributed by atoms with Crippen LogP contribution in [-0.4, -0.2) is 31.1 Å². The van der Waals surface area contributed by atoms with Crippen LogP contribution in [0.2, 0.25) is 0 Å². The lowest BCUT2D eigenvalue weighted by atomic mass is 10.2. The number of benzene rings is 2. The highest BCUT2D eigenvalue weighted by molar-refractivity contribution is 7.94. The lowest BCUT2D eigenvalue weighted by molar-refractivity contribution is -0.195. The zero-order chi connectivity index (χ0) is 23.8. The molecule has 15 heteroatoms. The summed E-state index contributed by atoms with van der Waals surface area (Å²) in [5.74, 6) is 5.93. The summed E-state index contributed by atoms with van der Waals surface area (Å²) in [5.41, 5.74) is 4.00. The molecule has 0 aromatic heterocycles. The first kappa shape index (κ1) is 28.7. The van der Waals surface area contributed by atoms with Crippen molar-refractivity contribution < 1.29 is 42.1 Å². The normalized spacial score (nSPS) is 9.65. The minimum absolute atomic E-state index is 0.0666. The summed E-state index contributed by atoms with van der Waals surface area (Å²) in [4.78, 5) is 30.2. The van der Waals surface area contributed by atoms with Crippen LogP contribution in [0.1, 0.15) is 20.7 Å². The second-order valence-electron chi connectivity index (χ2n) is 4.66. The van der Waals surface area contributed by atoms with Gasteiger partial charge in [-0.25, -0.2) is 13.6 Å². The van der Waals surface area contributed by atoms with E-state index in [1.807, 2.05) is 0 Å². The minimum Gasteiger partial charge on any atom is -0.478 e. The van der Waals surface area contributed by atoms with Gasteiger partial charge in [0, 0.05) is 16.8 Å². The number of hydrogen-bond donors (Lipinski definition) is 5. The molecule has 0 unspecified atom stereocenters. The zero-order valence-corrected chi connectivity index (χ0v) is 17.8. The van der Waals surface area contributed by atoms with Crippen molar-refractivity contribution >= 4 is 36.0 Å². The summed E-state index contributed by atoms with van der Waals surface area (Å²) in [7, 11) is 2.92. The number of aromatic carboxylic acids is 1. The number of carbonyl (C=O) groups is 2. The summed E-state index contributed by atoms with van der Waals surface area (Å²) in [5, 5.41) is 10.9. The molecule has 0 radical (unpaired) electrons. The van der Waals surface area contributed by atoms with Crippen molar-refractivity contribution in [2.24, 2.45) is 17.5 Å². The van der Waals surface area contributed by atoms with E-state index in [0.29, 0.717) is 21.8 Å². The highest BCUT2D eigenvalue weighted by Gasteiger charge is 2.12. The lowest BCUT2D eigenvalue weighted by Crippen LogP contribution is -2.19. The third-order valence-corrected chi connectivity index (χ3v) is 4.10. The first-order valence-corrected chi connectivity index (χ1v) is 9.34. The maximum Gasteiger partial charge on any atom is 0.338 e. The highest BCUT2D eigenvalue weighted by Crippen LogP contribution is 2.22. The van der Waals surface area contributed by atoms with Crippen LogP contribution in [-0.2, 0) is 18.6 Å². The number of nitrogens with one attached hydrogen (secondary N) is 1. The number of hydrogen-bond acceptors (Lipinski definition) is 11. The van der Waals surface area contributed by atoms with Gasteiger partial charge in [-0.15, -0.1) is 18.6 Å². The molecular formula is C16H20F2N4O7S2. The van der Waals surface area contributed by atoms with Gasteiger partial charge in [0.25, 0.3) is 5.91 Å². The molecule has 172 valence electrons. The van der Waals surface area contributed by atoms with Crippen molar-refractivity contribution in [2.45, 2.75) is 9.79 Å². The van der Waals surface area contributed by atoms with Gasteiger partial charge in [0.1, 0.15) is 11.6 Å². The van der Waals surface area contributed by atoms with E-state index in [1.165, 1.54) is 32.3 Å². The molecule has 31 heavy (non-hydrogen) atoms. The molecule has 2 aromatic rings. The first-order valence-electron chi connectivity index (χ1n) is 7.86. The van der Waals surface area contributed by atoms with Gasteiger partial charge >= 0.3 is 5.97 Å². The van der Waals surface area contributed by atoms with E-state index in [-0.39, 0.29) is 5.56 Å². The fourth-order valence-corrected chi connectivity index (χ4v) is 2.52. The predicted octanol–water partition coefficient (Wildman–Crippen LogP) is 1.94. The van der Waals surface area contributed by atoms with Gasteiger partial charge in [-0.05, 0) is 43.4 Å². The number of halogens is 2. The summed E-state index contributed by atoms with van der Waals surface area (Å²) in [6, 6.07) is 7.40. The summed E-state index contributed by atoms with van der Waals surface area (Å²) in [6.45, 7) is 0. The van der Waals surface area contributed by atoms with Gasteiger partial charge in [0.15, 0.2) is 0 Å². The third kappa shape index (κ3) is 10.5. The Morgan fingerprint density at radius 3 is 1.71 bits per heavy atom. The molecule has 0 saturated carbocycles. The molecule has 0 fully saturated rings. The molecule has 8 N–H and O–H groups in total. The number of carboxylic acid groups (broad SMARTS) is 1. The Hall–Kier alpha value is -2.34. The Morgan fingerprint density at radius 2 is 1.32 bits per heavy atom. The molecule has 0 heterocycles. The van der Waals surface area contributed by atoms with Crippen LogP contribution in [0.4, 0.5) is 8.78 Å². The number of carbonyl (C=O) groups excluding carboxylic acids is 1. The van der Waals surface area contributed by atoms with Crippen molar-refractivity contribution in [1.82, 2.24) is 5.32 Å². The Bertz CT molecular complexity index is 850. The van der Waals surface area contributed by atoms with Crippen molar-refractivity contribution in [3.63, 3.8) is 0 Å². The lowest BCUT2D eigenvalue weighted by Gasteiger charge is -2.03. The molecule has 0 spiro atoms. The van der Waals surface area contributed by atoms with E-state index in [0.717, 1.165) is 30.2 Å². The monoisotopic (exact) mass is 482 g/mol. The van der Waals surface area contributed by atoms with Crippen LogP contribution in [0.15, 0.2) is 46.2 Å². The predicted molar refractivity (Wildman–Crippen MR) is 108 cm³/mol. The Labute approximate surface area is 184 Å². The van der Waals surface area contributed by atoms with Crippen molar-refractivity contribution in [3.05, 3.63) is 59.2 Å². The second-order valence-corrected chi connectivity index (χ2v) is 6.21. The minimum atomic E-state index is -1.35. The van der Waals surface area contributed by atoms with Crippen LogP contribution in [0.25, 0.3) is 0 Å². The average Bonchev–Trinajstić information content (AvgIpc) is 2.79. The molecule has 0 atom stereocenters. The van der Waals surface area contributed by atoms with Crippen LogP contribution < -0.4 is 22.8 Å². The number of nitrogens with two attached hydrogens (primary N) is 3. The van der Waals surface area contributed by atoms with Crippen LogP contribution in [0.5, 0.6) is 0 Å². The van der Waals surface area contributed by atoms with Crippen molar-refractivity contribution in [2.75, 3.05) is 14.1 Å². The zero-order valence-electron chi connectivity index (χ0n) is 16.2. The van der Waals surface area contributed by atoms with E-state index in [2.05, 4.69) is 41.5 Å². The molecule has 2 aromatic carbocycles. The molecule has 0 aliphatic carbocycles. The van der Waals surface area contributed by atoms with E-state index in [1.54, 1.807) is 0 Å². The number of amides is 1. The molecule has 11 nitrogen and oxygen atoms in total. The molecule has 0 saturated heterocycles. The van der Waals surface area contributed by atoms with Crippen molar-refractivity contribution in [3.8, 4) is 0 Å². The largest absolute Gasteiger partial charge is 0.478 e. The smallest absolute Gasteiger partial charge is 0.338 e. The number of carboxylic acids is 1. The Balaban J connectivity index is 0.000000539. The molecule has 0 bridgehead atoms. The molecule has 1 amide bonds. The maximum absolute atomic E-state index is 13.2. The SMILES string of the molecule is CN.CNC(=O)c1cc(SOON)ccc1F.NOOSc1ccc(F)c(C(=O)O)c1. The van der Waals surface area contributed by atoms with Crippen LogP contribution in [0, 0.1) is 11.6 Å². The fraction of sp³-hybridized carbons (Fsp3) is 0.125. The number of rotatable bonds is 8. The van der Waals surface area contributed by atoms with E-state index in [9.17, 15) is 18.4 Å². The van der Waals surface area contributed by atoms with Gasteiger partial charge in [-0.2, -0.15) is 11.8 Å². The molecular weight excluding hydrogens is 462 g/mol. The summed E-state index contributed by atoms with van der Waals surface area (Å²) in [6.07, 6.45) is 0. The Kier molecular flexibility index (Phi) is 15.1. The molecule has 2 rings (SSSR count). The average molecular weight is 482 g/mol. The standard InChI is InChI=1S/C8H9FN2O3S.C7H6FNO4S.CH5N/c1-11-8(12)6-4-5(15-14-13-10)2-3-7(6)9;8-6-2-1-4(14-13-12-9)3-5(6)7(10)11;1-2/h2-4H,10H2,1H3,(H,11,12);1-3H,9H2,(H,10,11);2H2,1H3. The highest BCUT2D eigenvalue weighted by atomic mass is 32.2. The second kappa shape index (κ2) is 16.4. The molecule has 0 aliphatic heterocycles. The van der Waals surface area contributed by atoms with E-state index >= 15 is 0 Å². The van der Waals surface area contributed by atoms with Crippen LogP contribution in [0.3, 0.4) is 0 Å². The summed E-state index contributed by atoms with van der Waals surface area (Å²) < 4.78 is 34.7. The van der Waals surface area contributed by atoms with Gasteiger partial charge in [-0.1, -0.05) is 0 Å². The van der Waals surface area contributed by atoms with Crippen LogP contribution >= 0.6 is 24.1 Å². The quantitative estimate of drug-likeness (QED) is 0.210. The van der Waals surface area contributed by atoms with Gasteiger partial charge in [0.2, 0.25) is 0 Å². The third-order valence-electron chi connectivity index (χ3n) is 2.92. The summed E-state index contributed by atoms with van der Waals surface area (Å²) >= 11 is 1.46. The first-order chi connectivity index (χ1) is 14.8. The topological polar surface area (TPSA) is 181 Å². The van der Waals surface area contributed by atoms with Gasteiger partial charge in [-0.3, -0.25) is 4.79 Å². The maximum atomic E-state index is 13.2. The van der Waals surface area contributed by atoms with Crippen molar-refractivity contribution in [1.29, 1.82) is 0 Å². The van der Waals surface area contributed by atoms with Gasteiger partial charge < -0.3 is 16.2 Å². The van der Waals surface area contributed by atoms with E-state index in [4.69, 9.17) is 5.11 Å². The van der Waals surface area contributed by atoms with Gasteiger partial charge in [0.05, 0.1) is 35.2 Å². The molecule has 0 aliphatic rings.